The third-order valence-corrected chi connectivity index (χ3v) is 6.66. The van der Waals surface area contributed by atoms with Crippen molar-refractivity contribution in [2.24, 2.45) is 7.05 Å². The second-order valence-corrected chi connectivity index (χ2v) is 9.48. The predicted molar refractivity (Wildman–Crippen MR) is 128 cm³/mol. The summed E-state index contributed by atoms with van der Waals surface area (Å²) in [6.45, 7) is 1.96. The topological polar surface area (TPSA) is 68.6 Å². The SMILES string of the molecule is CN(C)Cc1ccc2c(c1)nc(C1CCCC(NC(=O)c3ccc4c(c3)OCCO4)C1)n2C. The number of aryl methyl sites for hydroxylation is 1. The Morgan fingerprint density at radius 2 is 1.94 bits per heavy atom. The van der Waals surface area contributed by atoms with Gasteiger partial charge in [-0.25, -0.2) is 4.98 Å². The lowest BCUT2D eigenvalue weighted by Crippen LogP contribution is -2.38. The number of rotatable bonds is 5. The summed E-state index contributed by atoms with van der Waals surface area (Å²) in [5.74, 6) is 2.73. The van der Waals surface area contributed by atoms with E-state index in [1.807, 2.05) is 6.07 Å². The molecule has 0 radical (unpaired) electrons. The molecular weight excluding hydrogens is 416 g/mol. The van der Waals surface area contributed by atoms with Crippen LogP contribution in [0.2, 0.25) is 0 Å². The summed E-state index contributed by atoms with van der Waals surface area (Å²) < 4.78 is 13.4. The summed E-state index contributed by atoms with van der Waals surface area (Å²) in [5.41, 5.74) is 4.09. The van der Waals surface area contributed by atoms with Gasteiger partial charge in [0.25, 0.3) is 5.91 Å². The molecule has 0 bridgehead atoms. The van der Waals surface area contributed by atoms with E-state index in [1.165, 1.54) is 5.56 Å². The molecule has 0 saturated heterocycles. The average molecular weight is 449 g/mol. The summed E-state index contributed by atoms with van der Waals surface area (Å²) in [5, 5.41) is 3.25. The maximum Gasteiger partial charge on any atom is 0.251 e. The number of hydrogen-bond acceptors (Lipinski definition) is 5. The minimum Gasteiger partial charge on any atom is -0.486 e. The Kier molecular flexibility index (Phi) is 5.98. The van der Waals surface area contributed by atoms with Crippen molar-refractivity contribution in [2.45, 2.75) is 44.2 Å². The van der Waals surface area contributed by atoms with E-state index in [2.05, 4.69) is 54.1 Å². The number of nitrogens with zero attached hydrogens (tertiary/aromatic N) is 3. The molecule has 0 spiro atoms. The van der Waals surface area contributed by atoms with Gasteiger partial charge in [0.2, 0.25) is 0 Å². The minimum atomic E-state index is -0.0593. The first-order valence-corrected chi connectivity index (χ1v) is 11.8. The monoisotopic (exact) mass is 448 g/mol. The van der Waals surface area contributed by atoms with Crippen molar-refractivity contribution in [2.75, 3.05) is 27.3 Å². The molecule has 1 saturated carbocycles. The fraction of sp³-hybridized carbons (Fsp3) is 0.462. The second kappa shape index (κ2) is 9.06. The lowest BCUT2D eigenvalue weighted by atomic mass is 9.85. The highest BCUT2D eigenvalue weighted by molar-refractivity contribution is 5.95. The fourth-order valence-corrected chi connectivity index (χ4v) is 5.10. The van der Waals surface area contributed by atoms with Gasteiger partial charge in [-0.05, 0) is 69.3 Å². The van der Waals surface area contributed by atoms with E-state index >= 15 is 0 Å². The summed E-state index contributed by atoms with van der Waals surface area (Å²) in [7, 11) is 6.26. The first-order chi connectivity index (χ1) is 16.0. The Balaban J connectivity index is 1.30. The molecule has 2 unspecified atom stereocenters. The van der Waals surface area contributed by atoms with Crippen molar-refractivity contribution in [3.63, 3.8) is 0 Å². The lowest BCUT2D eigenvalue weighted by Gasteiger charge is -2.29. The molecule has 33 heavy (non-hydrogen) atoms. The number of imidazole rings is 1. The third kappa shape index (κ3) is 4.55. The first kappa shape index (κ1) is 21.8. The van der Waals surface area contributed by atoms with E-state index in [9.17, 15) is 4.79 Å². The Hall–Kier alpha value is -3.06. The molecule has 1 N–H and O–H groups in total. The van der Waals surface area contributed by atoms with Gasteiger partial charge in [0, 0.05) is 31.1 Å². The number of hydrogen-bond donors (Lipinski definition) is 1. The Bertz CT molecular complexity index is 1170. The largest absolute Gasteiger partial charge is 0.486 e. The maximum absolute atomic E-state index is 12.9. The van der Waals surface area contributed by atoms with Gasteiger partial charge >= 0.3 is 0 Å². The average Bonchev–Trinajstić information content (AvgIpc) is 3.14. The normalized spacial score (nSPS) is 20.2. The number of amides is 1. The molecular formula is C26H32N4O3. The van der Waals surface area contributed by atoms with Crippen LogP contribution in [0.25, 0.3) is 11.0 Å². The molecule has 7 nitrogen and oxygen atoms in total. The van der Waals surface area contributed by atoms with Crippen LogP contribution in [-0.4, -0.2) is 53.7 Å². The number of aromatic nitrogens is 2. The van der Waals surface area contributed by atoms with Gasteiger partial charge in [-0.3, -0.25) is 4.79 Å². The molecule has 1 aromatic heterocycles. The standard InChI is InChI=1S/C26H32N4O3/c1-29(2)16-17-7-9-22-21(13-17)28-25(30(22)3)18-5-4-6-20(14-18)27-26(31)19-8-10-23-24(15-19)33-12-11-32-23/h7-10,13,15,18,20H,4-6,11-12,14,16H2,1-3H3,(H,27,31). The second-order valence-electron chi connectivity index (χ2n) is 9.48. The fourth-order valence-electron chi connectivity index (χ4n) is 5.10. The minimum absolute atomic E-state index is 0.0593. The van der Waals surface area contributed by atoms with Crippen LogP contribution < -0.4 is 14.8 Å². The molecule has 1 fully saturated rings. The number of fused-ring (bicyclic) bond motifs is 2. The quantitative estimate of drug-likeness (QED) is 0.642. The van der Waals surface area contributed by atoms with Crippen LogP contribution >= 0.6 is 0 Å². The van der Waals surface area contributed by atoms with Gasteiger partial charge < -0.3 is 24.3 Å². The van der Waals surface area contributed by atoms with Gasteiger partial charge in [-0.1, -0.05) is 12.5 Å². The van der Waals surface area contributed by atoms with Gasteiger partial charge in [0.05, 0.1) is 11.0 Å². The molecule has 174 valence electrons. The Morgan fingerprint density at radius 1 is 1.12 bits per heavy atom. The summed E-state index contributed by atoms with van der Waals surface area (Å²) in [6, 6.07) is 12.1. The van der Waals surface area contributed by atoms with E-state index < -0.39 is 0 Å². The number of benzene rings is 2. The van der Waals surface area contributed by atoms with Crippen molar-refractivity contribution in [1.29, 1.82) is 0 Å². The van der Waals surface area contributed by atoms with Gasteiger partial charge in [0.1, 0.15) is 19.0 Å². The van der Waals surface area contributed by atoms with E-state index in [0.717, 1.165) is 49.1 Å². The molecule has 2 aliphatic rings. The lowest BCUT2D eigenvalue weighted by molar-refractivity contribution is 0.0923. The van der Waals surface area contributed by atoms with Crippen molar-refractivity contribution in [3.05, 3.63) is 53.3 Å². The van der Waals surface area contributed by atoms with Crippen LogP contribution in [0.4, 0.5) is 0 Å². The van der Waals surface area contributed by atoms with Crippen LogP contribution in [0.3, 0.4) is 0 Å². The third-order valence-electron chi connectivity index (χ3n) is 6.66. The molecule has 2 atom stereocenters. The number of carbonyl (C=O) groups is 1. The number of carbonyl (C=O) groups excluding carboxylic acids is 1. The zero-order valence-electron chi connectivity index (χ0n) is 19.6. The van der Waals surface area contributed by atoms with Crippen molar-refractivity contribution in [1.82, 2.24) is 19.8 Å². The first-order valence-electron chi connectivity index (χ1n) is 11.8. The zero-order chi connectivity index (χ0) is 22.9. The van der Waals surface area contributed by atoms with E-state index in [1.54, 1.807) is 12.1 Å². The van der Waals surface area contributed by atoms with Crippen molar-refractivity contribution >= 4 is 16.9 Å². The van der Waals surface area contributed by atoms with Crippen molar-refractivity contribution < 1.29 is 14.3 Å². The highest BCUT2D eigenvalue weighted by atomic mass is 16.6. The van der Waals surface area contributed by atoms with Crippen LogP contribution in [0.1, 0.15) is 53.3 Å². The summed E-state index contributed by atoms with van der Waals surface area (Å²) >= 11 is 0. The maximum atomic E-state index is 12.9. The Labute approximate surface area is 194 Å². The van der Waals surface area contributed by atoms with Crippen molar-refractivity contribution in [3.8, 4) is 11.5 Å². The summed E-state index contributed by atoms with van der Waals surface area (Å²) in [4.78, 5) is 20.1. The van der Waals surface area contributed by atoms with E-state index in [0.29, 0.717) is 36.2 Å². The number of ether oxygens (including phenoxy) is 2. The molecule has 1 amide bonds. The molecule has 7 heteroatoms. The van der Waals surface area contributed by atoms with Gasteiger partial charge in [0.15, 0.2) is 11.5 Å². The van der Waals surface area contributed by atoms with Crippen LogP contribution in [0.15, 0.2) is 36.4 Å². The summed E-state index contributed by atoms with van der Waals surface area (Å²) in [6.07, 6.45) is 4.06. The molecule has 1 aliphatic heterocycles. The predicted octanol–water partition coefficient (Wildman–Crippen LogP) is 3.86. The molecule has 5 rings (SSSR count). The van der Waals surface area contributed by atoms with E-state index in [4.69, 9.17) is 14.5 Å². The highest BCUT2D eigenvalue weighted by Crippen LogP contribution is 2.35. The van der Waals surface area contributed by atoms with Crippen LogP contribution in [0, 0.1) is 0 Å². The molecule has 2 heterocycles. The smallest absolute Gasteiger partial charge is 0.251 e. The molecule has 1 aliphatic carbocycles. The Morgan fingerprint density at radius 3 is 2.76 bits per heavy atom. The van der Waals surface area contributed by atoms with Gasteiger partial charge in [-0.15, -0.1) is 0 Å². The van der Waals surface area contributed by atoms with E-state index in [-0.39, 0.29) is 11.9 Å². The zero-order valence-corrected chi connectivity index (χ0v) is 19.6. The number of nitrogens with one attached hydrogen (secondary N) is 1. The molecule has 3 aromatic rings. The van der Waals surface area contributed by atoms with Gasteiger partial charge in [-0.2, -0.15) is 0 Å². The van der Waals surface area contributed by atoms with Crippen LogP contribution in [0.5, 0.6) is 11.5 Å². The van der Waals surface area contributed by atoms with Crippen LogP contribution in [-0.2, 0) is 13.6 Å². The highest BCUT2D eigenvalue weighted by Gasteiger charge is 2.28. The molecule has 2 aromatic carbocycles.